The van der Waals surface area contributed by atoms with Crippen LogP contribution in [-0.2, 0) is 14.3 Å². The van der Waals surface area contributed by atoms with Crippen molar-refractivity contribution in [3.8, 4) is 0 Å². The molecule has 9 atom stereocenters. The van der Waals surface area contributed by atoms with Gasteiger partial charge >= 0.3 is 5.97 Å². The number of allylic oxidation sites excluding steroid dienone is 4. The van der Waals surface area contributed by atoms with Crippen LogP contribution < -0.4 is 0 Å². The Balaban J connectivity index is 1.63. The zero-order valence-electron chi connectivity index (χ0n) is 17.9. The highest BCUT2D eigenvalue weighted by molar-refractivity contribution is 6.01. The van der Waals surface area contributed by atoms with Crippen molar-refractivity contribution in [1.82, 2.24) is 0 Å². The number of carbonyl (C=O) groups excluding carboxylic acids is 2. The molecule has 0 aromatic heterocycles. The molecule has 29 heavy (non-hydrogen) atoms. The van der Waals surface area contributed by atoms with E-state index in [1.807, 2.05) is 6.08 Å². The molecule has 4 rings (SSSR count). The highest BCUT2D eigenvalue weighted by atomic mass is 16.5. The SMILES string of the molecule is CC(O)CC(=O)OC1C(C)CC2C3CCC4=CC(=O)C=CC4(C)C3C(O)CC21C. The molecule has 3 saturated carbocycles. The van der Waals surface area contributed by atoms with Crippen molar-refractivity contribution in [3.05, 3.63) is 23.8 Å². The molecule has 5 nitrogen and oxygen atoms in total. The first kappa shape index (κ1) is 20.8. The molecule has 0 aromatic rings. The number of rotatable bonds is 3. The minimum absolute atomic E-state index is 0.00359. The molecule has 0 saturated heterocycles. The molecule has 3 fully saturated rings. The Kier molecular flexibility index (Phi) is 5.06. The van der Waals surface area contributed by atoms with Crippen LogP contribution in [0, 0.1) is 34.5 Å². The van der Waals surface area contributed by atoms with E-state index in [2.05, 4.69) is 20.8 Å². The number of hydrogen-bond acceptors (Lipinski definition) is 5. The topological polar surface area (TPSA) is 83.8 Å². The van der Waals surface area contributed by atoms with Gasteiger partial charge in [-0.15, -0.1) is 0 Å². The predicted octanol–water partition coefficient (Wildman–Crippen LogP) is 3.19. The lowest BCUT2D eigenvalue weighted by Crippen LogP contribution is -2.57. The molecule has 9 unspecified atom stereocenters. The molecule has 0 spiro atoms. The maximum absolute atomic E-state index is 12.3. The zero-order chi connectivity index (χ0) is 21.1. The average molecular weight is 403 g/mol. The van der Waals surface area contributed by atoms with Crippen LogP contribution in [-0.4, -0.2) is 40.3 Å². The van der Waals surface area contributed by atoms with E-state index in [0.717, 1.165) is 24.8 Å². The summed E-state index contributed by atoms with van der Waals surface area (Å²) in [5.74, 6) is 0.716. The summed E-state index contributed by atoms with van der Waals surface area (Å²) in [5, 5.41) is 20.9. The summed E-state index contributed by atoms with van der Waals surface area (Å²) in [6.07, 6.45) is 7.43. The molecule has 4 aliphatic rings. The fourth-order valence-corrected chi connectivity index (χ4v) is 7.33. The fraction of sp³-hybridized carbons (Fsp3) is 0.750. The van der Waals surface area contributed by atoms with Crippen molar-refractivity contribution in [2.45, 2.75) is 78.1 Å². The number of aliphatic hydroxyl groups is 2. The third kappa shape index (κ3) is 3.21. The van der Waals surface area contributed by atoms with Crippen molar-refractivity contribution < 1.29 is 24.5 Å². The summed E-state index contributed by atoms with van der Waals surface area (Å²) in [5.41, 5.74) is 0.613. The van der Waals surface area contributed by atoms with Crippen molar-refractivity contribution in [3.63, 3.8) is 0 Å². The minimum atomic E-state index is -0.714. The molecular weight excluding hydrogens is 368 g/mol. The van der Waals surface area contributed by atoms with Gasteiger partial charge in [0.2, 0.25) is 0 Å². The third-order valence-corrected chi connectivity index (χ3v) is 8.44. The number of fused-ring (bicyclic) bond motifs is 5. The van der Waals surface area contributed by atoms with E-state index in [1.165, 1.54) is 0 Å². The summed E-state index contributed by atoms with van der Waals surface area (Å²) in [6, 6.07) is 0. The molecule has 160 valence electrons. The average Bonchev–Trinajstić information content (AvgIpc) is 2.85. The number of ether oxygens (including phenoxy) is 1. The van der Waals surface area contributed by atoms with E-state index >= 15 is 0 Å². The summed E-state index contributed by atoms with van der Waals surface area (Å²) >= 11 is 0. The van der Waals surface area contributed by atoms with E-state index in [1.54, 1.807) is 19.1 Å². The first-order valence-electron chi connectivity index (χ1n) is 11.1. The quantitative estimate of drug-likeness (QED) is 0.709. The van der Waals surface area contributed by atoms with Gasteiger partial charge < -0.3 is 14.9 Å². The van der Waals surface area contributed by atoms with Gasteiger partial charge in [-0.25, -0.2) is 0 Å². The summed E-state index contributed by atoms with van der Waals surface area (Å²) < 4.78 is 5.90. The standard InChI is InChI=1S/C24H34O5/c1-13-9-18-17-6-5-15-11-16(26)7-8-23(15,3)21(17)19(27)12-24(18,4)22(13)29-20(28)10-14(2)25/h7-8,11,13-14,17-19,21-22,25,27H,5-6,9-10,12H2,1-4H3. The Hall–Kier alpha value is -1.46. The fourth-order valence-electron chi connectivity index (χ4n) is 7.33. The lowest BCUT2D eigenvalue weighted by Gasteiger charge is -2.58. The van der Waals surface area contributed by atoms with Gasteiger partial charge in [-0.05, 0) is 62.5 Å². The maximum Gasteiger partial charge on any atom is 0.308 e. The first-order chi connectivity index (χ1) is 13.6. The lowest BCUT2D eigenvalue weighted by atomic mass is 9.47. The van der Waals surface area contributed by atoms with Crippen molar-refractivity contribution >= 4 is 11.8 Å². The summed E-state index contributed by atoms with van der Waals surface area (Å²) in [4.78, 5) is 24.2. The van der Waals surface area contributed by atoms with Crippen molar-refractivity contribution in [2.24, 2.45) is 34.5 Å². The van der Waals surface area contributed by atoms with Gasteiger partial charge in [0.1, 0.15) is 6.10 Å². The Morgan fingerprint density at radius 3 is 2.79 bits per heavy atom. The van der Waals surface area contributed by atoms with Crippen molar-refractivity contribution in [1.29, 1.82) is 0 Å². The minimum Gasteiger partial charge on any atom is -0.461 e. The van der Waals surface area contributed by atoms with Gasteiger partial charge in [0.25, 0.3) is 0 Å². The van der Waals surface area contributed by atoms with Crippen LogP contribution in [0.15, 0.2) is 23.8 Å². The molecular formula is C24H34O5. The Bertz CT molecular complexity index is 767. The zero-order valence-corrected chi connectivity index (χ0v) is 17.9. The Labute approximate surface area is 173 Å². The molecule has 0 amide bonds. The van der Waals surface area contributed by atoms with Crippen LogP contribution in [0.3, 0.4) is 0 Å². The predicted molar refractivity (Wildman–Crippen MR) is 109 cm³/mol. The summed E-state index contributed by atoms with van der Waals surface area (Å²) in [6.45, 7) is 8.08. The van der Waals surface area contributed by atoms with Crippen LogP contribution in [0.1, 0.15) is 59.8 Å². The monoisotopic (exact) mass is 402 g/mol. The maximum atomic E-state index is 12.3. The molecule has 5 heteroatoms. The molecule has 2 N–H and O–H groups in total. The highest BCUT2D eigenvalue weighted by Gasteiger charge is 2.64. The molecule has 0 heterocycles. The Morgan fingerprint density at radius 1 is 1.38 bits per heavy atom. The lowest BCUT2D eigenvalue weighted by molar-refractivity contribution is -0.172. The van der Waals surface area contributed by atoms with Gasteiger partial charge in [-0.3, -0.25) is 9.59 Å². The van der Waals surface area contributed by atoms with E-state index in [0.29, 0.717) is 18.3 Å². The van der Waals surface area contributed by atoms with Gasteiger partial charge in [0.05, 0.1) is 18.6 Å². The smallest absolute Gasteiger partial charge is 0.308 e. The summed E-state index contributed by atoms with van der Waals surface area (Å²) in [7, 11) is 0. The van der Waals surface area contributed by atoms with E-state index in [4.69, 9.17) is 4.74 Å². The molecule has 0 bridgehead atoms. The van der Waals surface area contributed by atoms with E-state index < -0.39 is 12.2 Å². The number of aliphatic hydroxyl groups excluding tert-OH is 2. The normalized spacial score (nSPS) is 47.0. The number of hydrogen-bond donors (Lipinski definition) is 2. The van der Waals surface area contributed by atoms with Gasteiger partial charge in [0, 0.05) is 16.7 Å². The third-order valence-electron chi connectivity index (χ3n) is 8.44. The van der Waals surface area contributed by atoms with Gasteiger partial charge in [-0.2, -0.15) is 0 Å². The molecule has 0 aliphatic heterocycles. The van der Waals surface area contributed by atoms with Crippen LogP contribution >= 0.6 is 0 Å². The van der Waals surface area contributed by atoms with Crippen molar-refractivity contribution in [2.75, 3.05) is 0 Å². The largest absolute Gasteiger partial charge is 0.461 e. The second-order valence-corrected chi connectivity index (χ2v) is 10.5. The number of carbonyl (C=O) groups is 2. The van der Waals surface area contributed by atoms with Gasteiger partial charge in [0.15, 0.2) is 5.78 Å². The van der Waals surface area contributed by atoms with Crippen LogP contribution in [0.4, 0.5) is 0 Å². The number of esters is 1. The second-order valence-electron chi connectivity index (χ2n) is 10.5. The van der Waals surface area contributed by atoms with E-state index in [-0.39, 0.29) is 46.9 Å². The van der Waals surface area contributed by atoms with E-state index in [9.17, 15) is 19.8 Å². The second kappa shape index (κ2) is 7.05. The van der Waals surface area contributed by atoms with Gasteiger partial charge in [-0.1, -0.05) is 32.4 Å². The number of ketones is 1. The first-order valence-corrected chi connectivity index (χ1v) is 11.1. The van der Waals surface area contributed by atoms with Crippen LogP contribution in [0.5, 0.6) is 0 Å². The molecule has 0 radical (unpaired) electrons. The van der Waals surface area contributed by atoms with Crippen LogP contribution in [0.2, 0.25) is 0 Å². The molecule has 0 aromatic carbocycles. The van der Waals surface area contributed by atoms with Crippen LogP contribution in [0.25, 0.3) is 0 Å². The Morgan fingerprint density at radius 2 is 2.10 bits per heavy atom. The highest BCUT2D eigenvalue weighted by Crippen LogP contribution is 2.65. The molecule has 4 aliphatic carbocycles.